The summed E-state index contributed by atoms with van der Waals surface area (Å²) < 4.78 is 14.5. The fourth-order valence-corrected chi connectivity index (χ4v) is 3.61. The topological polar surface area (TPSA) is 0 Å². The summed E-state index contributed by atoms with van der Waals surface area (Å²) in [6, 6.07) is 0. The van der Waals surface area contributed by atoms with E-state index in [4.69, 9.17) is 0 Å². The minimum atomic E-state index is -0.0559. The number of hydrogen-bond donors (Lipinski definition) is 0. The van der Waals surface area contributed by atoms with Gasteiger partial charge in [0.05, 0.1) is 3.79 Å². The zero-order valence-corrected chi connectivity index (χ0v) is 11.3. The fraction of sp³-hybridized carbons (Fsp3) is 0.636. The lowest BCUT2D eigenvalue weighted by atomic mass is 9.78. The molecule has 0 N–H and O–H groups in total. The Morgan fingerprint density at radius 2 is 2.14 bits per heavy atom. The van der Waals surface area contributed by atoms with Gasteiger partial charge in [-0.15, -0.1) is 11.3 Å². The van der Waals surface area contributed by atoms with E-state index in [0.717, 1.165) is 28.6 Å². The van der Waals surface area contributed by atoms with Gasteiger partial charge in [0.2, 0.25) is 0 Å². The van der Waals surface area contributed by atoms with Crippen molar-refractivity contribution in [3.05, 3.63) is 20.5 Å². The van der Waals surface area contributed by atoms with Crippen LogP contribution in [0.15, 0.2) is 9.17 Å². The molecule has 1 heterocycles. The molecule has 0 saturated heterocycles. The van der Waals surface area contributed by atoms with Crippen LogP contribution in [-0.4, -0.2) is 0 Å². The van der Waals surface area contributed by atoms with Crippen molar-refractivity contribution < 1.29 is 4.39 Å². The molecule has 0 aromatic carbocycles. The summed E-state index contributed by atoms with van der Waals surface area (Å²) in [5.74, 6) is -0.0559. The van der Waals surface area contributed by atoms with E-state index in [9.17, 15) is 4.39 Å². The lowest BCUT2D eigenvalue weighted by Crippen LogP contribution is -2.21. The molecule has 1 rings (SSSR count). The van der Waals surface area contributed by atoms with E-state index in [1.54, 1.807) is 5.38 Å². The summed E-state index contributed by atoms with van der Waals surface area (Å²) in [5, 5.41) is 1.59. The summed E-state index contributed by atoms with van der Waals surface area (Å²) in [5.41, 5.74) is 0.851. The summed E-state index contributed by atoms with van der Waals surface area (Å²) in [6.45, 7) is 6.41. The normalized spacial score (nSPS) is 15.5. The van der Waals surface area contributed by atoms with Crippen molar-refractivity contribution >= 4 is 27.3 Å². The first kappa shape index (κ1) is 12.2. The van der Waals surface area contributed by atoms with Crippen LogP contribution in [0.3, 0.4) is 0 Å². The molecule has 0 radical (unpaired) electrons. The van der Waals surface area contributed by atoms with Crippen LogP contribution < -0.4 is 0 Å². The highest BCUT2D eigenvalue weighted by molar-refractivity contribution is 9.11. The van der Waals surface area contributed by atoms with Gasteiger partial charge in [-0.1, -0.05) is 27.2 Å². The Bertz CT molecular complexity index is 289. The van der Waals surface area contributed by atoms with Gasteiger partial charge in [0.1, 0.15) is 5.82 Å². The predicted octanol–water partition coefficient (Wildman–Crippen LogP) is 5.12. The minimum Gasteiger partial charge on any atom is -0.206 e. The van der Waals surface area contributed by atoms with Crippen molar-refractivity contribution in [2.24, 2.45) is 0 Å². The fourth-order valence-electron chi connectivity index (χ4n) is 1.87. The van der Waals surface area contributed by atoms with Crippen LogP contribution in [0.25, 0.3) is 0 Å². The average molecular weight is 279 g/mol. The average Bonchev–Trinajstić information content (AvgIpc) is 2.47. The van der Waals surface area contributed by atoms with Gasteiger partial charge in [-0.2, -0.15) is 0 Å². The molecule has 0 nitrogen and oxygen atoms in total. The van der Waals surface area contributed by atoms with Crippen LogP contribution in [-0.2, 0) is 5.41 Å². The van der Waals surface area contributed by atoms with Crippen LogP contribution in [0.4, 0.5) is 4.39 Å². The molecular weight excluding hydrogens is 263 g/mol. The number of halogens is 2. The van der Waals surface area contributed by atoms with Crippen molar-refractivity contribution in [3.8, 4) is 0 Å². The molecule has 0 aliphatic heterocycles. The highest BCUT2D eigenvalue weighted by Gasteiger charge is 2.30. The van der Waals surface area contributed by atoms with Crippen LogP contribution in [0.5, 0.6) is 0 Å². The second-order valence-corrected chi connectivity index (χ2v) is 6.09. The van der Waals surface area contributed by atoms with E-state index >= 15 is 0 Å². The van der Waals surface area contributed by atoms with E-state index in [2.05, 4.69) is 36.7 Å². The van der Waals surface area contributed by atoms with Gasteiger partial charge in [-0.25, -0.2) is 4.39 Å². The quantitative estimate of drug-likeness (QED) is 0.717. The Labute approximate surface area is 97.7 Å². The van der Waals surface area contributed by atoms with Crippen molar-refractivity contribution in [2.75, 3.05) is 0 Å². The van der Waals surface area contributed by atoms with Crippen molar-refractivity contribution in [1.82, 2.24) is 0 Å². The zero-order valence-electron chi connectivity index (χ0n) is 8.86. The summed E-state index contributed by atoms with van der Waals surface area (Å²) in [7, 11) is 0. The number of thiophene rings is 1. The van der Waals surface area contributed by atoms with E-state index in [1.165, 1.54) is 11.3 Å². The largest absolute Gasteiger partial charge is 0.206 e. The van der Waals surface area contributed by atoms with Crippen LogP contribution in [0.1, 0.15) is 45.6 Å². The van der Waals surface area contributed by atoms with Gasteiger partial charge in [-0.3, -0.25) is 0 Å². The van der Waals surface area contributed by atoms with E-state index in [1.807, 2.05) is 0 Å². The van der Waals surface area contributed by atoms with Crippen LogP contribution in [0, 0.1) is 5.82 Å². The molecule has 0 aliphatic carbocycles. The summed E-state index contributed by atoms with van der Waals surface area (Å²) in [4.78, 5) is 0. The Kier molecular flexibility index (Phi) is 4.14. The first-order valence-corrected chi connectivity index (χ1v) is 6.65. The molecule has 1 aromatic heterocycles. The Hall–Kier alpha value is 0.110. The lowest BCUT2D eigenvalue weighted by molar-refractivity contribution is 0.395. The molecule has 0 bridgehead atoms. The van der Waals surface area contributed by atoms with Gasteiger partial charge >= 0.3 is 0 Å². The highest BCUT2D eigenvalue weighted by Crippen LogP contribution is 2.41. The predicted molar refractivity (Wildman–Crippen MR) is 64.5 cm³/mol. The van der Waals surface area contributed by atoms with Gasteiger partial charge in [0.25, 0.3) is 0 Å². The highest BCUT2D eigenvalue weighted by atomic mass is 79.9. The van der Waals surface area contributed by atoms with Gasteiger partial charge in [-0.05, 0) is 34.2 Å². The molecule has 0 fully saturated rings. The first-order valence-electron chi connectivity index (χ1n) is 4.98. The first-order chi connectivity index (χ1) is 6.55. The molecule has 0 aliphatic rings. The molecule has 3 heteroatoms. The third kappa shape index (κ3) is 2.19. The monoisotopic (exact) mass is 278 g/mol. The molecule has 14 heavy (non-hydrogen) atoms. The second-order valence-electron chi connectivity index (χ2n) is 3.90. The van der Waals surface area contributed by atoms with E-state index in [-0.39, 0.29) is 11.2 Å². The third-order valence-corrected chi connectivity index (χ3v) is 4.58. The summed E-state index contributed by atoms with van der Waals surface area (Å²) in [6.07, 6.45) is 3.11. The molecule has 1 aromatic rings. The van der Waals surface area contributed by atoms with E-state index in [0.29, 0.717) is 0 Å². The van der Waals surface area contributed by atoms with Crippen molar-refractivity contribution in [3.63, 3.8) is 0 Å². The molecule has 0 amide bonds. The summed E-state index contributed by atoms with van der Waals surface area (Å²) >= 11 is 4.88. The lowest BCUT2D eigenvalue weighted by Gasteiger charge is -2.28. The second kappa shape index (κ2) is 4.75. The maximum atomic E-state index is 13.6. The Morgan fingerprint density at radius 1 is 1.50 bits per heavy atom. The Balaban J connectivity index is 3.11. The van der Waals surface area contributed by atoms with E-state index < -0.39 is 0 Å². The molecular formula is C11H16BrFS. The van der Waals surface area contributed by atoms with Crippen molar-refractivity contribution in [1.29, 1.82) is 0 Å². The van der Waals surface area contributed by atoms with Crippen molar-refractivity contribution in [2.45, 2.75) is 45.4 Å². The third-order valence-electron chi connectivity index (χ3n) is 2.89. The van der Waals surface area contributed by atoms with Gasteiger partial charge < -0.3 is 0 Å². The molecule has 1 atom stereocenters. The maximum absolute atomic E-state index is 13.6. The smallest absolute Gasteiger partial charge is 0.138 e. The minimum absolute atomic E-state index is 0.0162. The molecule has 0 spiro atoms. The van der Waals surface area contributed by atoms with Crippen LogP contribution in [0.2, 0.25) is 0 Å². The zero-order chi connectivity index (χ0) is 10.8. The standard InChI is InChI=1S/C11H16BrFS/c1-4-6-11(3,5-2)9-8(13)7-14-10(9)12/h7H,4-6H2,1-3H3. The SMILES string of the molecule is CCCC(C)(CC)c1c(F)csc1Br. The van der Waals surface area contributed by atoms with Crippen LogP contribution >= 0.6 is 27.3 Å². The maximum Gasteiger partial charge on any atom is 0.138 e. The Morgan fingerprint density at radius 3 is 2.50 bits per heavy atom. The van der Waals surface area contributed by atoms with Gasteiger partial charge in [0.15, 0.2) is 0 Å². The number of hydrogen-bond acceptors (Lipinski definition) is 1. The molecule has 80 valence electrons. The van der Waals surface area contributed by atoms with Gasteiger partial charge in [0, 0.05) is 10.9 Å². The molecule has 0 saturated carbocycles. The number of rotatable bonds is 4. The molecule has 1 unspecified atom stereocenters.